The van der Waals surface area contributed by atoms with Gasteiger partial charge in [0.25, 0.3) is 0 Å². The van der Waals surface area contributed by atoms with Gasteiger partial charge in [-0.05, 0) is 30.7 Å². The molecule has 2 aromatic carbocycles. The van der Waals surface area contributed by atoms with Crippen molar-refractivity contribution in [1.82, 2.24) is 0 Å². The van der Waals surface area contributed by atoms with Gasteiger partial charge in [-0.2, -0.15) is 8.78 Å². The lowest BCUT2D eigenvalue weighted by molar-refractivity contribution is -0.0505. The summed E-state index contributed by atoms with van der Waals surface area (Å²) >= 11 is 0. The molecule has 0 aliphatic heterocycles. The maximum Gasteiger partial charge on any atom is 0.387 e. The second kappa shape index (κ2) is 10.2. The Morgan fingerprint density at radius 1 is 1.19 bits per heavy atom. The van der Waals surface area contributed by atoms with Crippen molar-refractivity contribution < 1.29 is 23.0 Å². The van der Waals surface area contributed by atoms with Crippen LogP contribution in [0.25, 0.3) is 0 Å². The van der Waals surface area contributed by atoms with Crippen LogP contribution < -0.4 is 25.3 Å². The number of rotatable bonds is 9. The fourth-order valence-electron chi connectivity index (χ4n) is 2.24. The van der Waals surface area contributed by atoms with Gasteiger partial charge in [0.15, 0.2) is 5.96 Å². The molecule has 0 heterocycles. The molecule has 0 radical (unpaired) electrons. The Hall–Kier alpha value is -3.03. The smallest absolute Gasteiger partial charge is 0.387 e. The Labute approximate surface area is 156 Å². The van der Waals surface area contributed by atoms with Crippen molar-refractivity contribution in [2.24, 2.45) is 10.7 Å². The van der Waals surface area contributed by atoms with Gasteiger partial charge in [-0.15, -0.1) is 0 Å². The molecule has 0 saturated carbocycles. The first kappa shape index (κ1) is 20.3. The third-order valence-electron chi connectivity index (χ3n) is 3.49. The lowest BCUT2D eigenvalue weighted by Gasteiger charge is -2.12. The molecule has 0 aromatic heterocycles. The highest BCUT2D eigenvalue weighted by Crippen LogP contribution is 2.27. The molecule has 0 amide bonds. The number of hydrogen-bond donors (Lipinski definition) is 2. The summed E-state index contributed by atoms with van der Waals surface area (Å²) in [6.45, 7) is -0.430. The molecule has 2 aromatic rings. The molecule has 0 atom stereocenters. The summed E-state index contributed by atoms with van der Waals surface area (Å²) < 4.78 is 40.6. The van der Waals surface area contributed by atoms with Gasteiger partial charge >= 0.3 is 6.61 Å². The van der Waals surface area contributed by atoms with Crippen LogP contribution in [0.5, 0.6) is 17.2 Å². The van der Waals surface area contributed by atoms with Crippen LogP contribution in [-0.2, 0) is 6.54 Å². The minimum Gasteiger partial charge on any atom is -0.497 e. The fraction of sp³-hybridized carbons (Fsp3) is 0.316. The van der Waals surface area contributed by atoms with E-state index in [1.807, 2.05) is 6.92 Å². The molecule has 3 N–H and O–H groups in total. The van der Waals surface area contributed by atoms with E-state index < -0.39 is 6.61 Å². The van der Waals surface area contributed by atoms with Crippen LogP contribution in [-0.4, -0.2) is 26.3 Å². The zero-order valence-corrected chi connectivity index (χ0v) is 15.2. The van der Waals surface area contributed by atoms with Crippen LogP contribution >= 0.6 is 0 Å². The SMILES string of the molecule is CCCOc1ccc(CN=C(N)Nc2cccc(OC)c2)c(OC(F)F)c1. The third-order valence-corrected chi connectivity index (χ3v) is 3.49. The average Bonchev–Trinajstić information content (AvgIpc) is 2.65. The fourth-order valence-corrected chi connectivity index (χ4v) is 2.24. The van der Waals surface area contributed by atoms with Gasteiger partial charge in [-0.1, -0.05) is 13.0 Å². The summed E-state index contributed by atoms with van der Waals surface area (Å²) in [5.74, 6) is 1.28. The molecule has 2 rings (SSSR count). The Morgan fingerprint density at radius 2 is 2.00 bits per heavy atom. The standard InChI is InChI=1S/C19H23F2N3O3/c1-3-9-26-16-8-7-13(17(11-16)27-18(20)21)12-23-19(22)24-14-5-4-6-15(10-14)25-2/h4-8,10-11,18H,3,9,12H2,1-2H3,(H3,22,23,24). The average molecular weight is 379 g/mol. The largest absolute Gasteiger partial charge is 0.497 e. The van der Waals surface area contributed by atoms with E-state index >= 15 is 0 Å². The maximum absolute atomic E-state index is 12.7. The van der Waals surface area contributed by atoms with Crippen molar-refractivity contribution >= 4 is 11.6 Å². The number of halogens is 2. The van der Waals surface area contributed by atoms with Crippen molar-refractivity contribution in [3.05, 3.63) is 48.0 Å². The summed E-state index contributed by atoms with van der Waals surface area (Å²) in [5.41, 5.74) is 7.04. The molecule has 27 heavy (non-hydrogen) atoms. The predicted molar refractivity (Wildman–Crippen MR) is 101 cm³/mol. The van der Waals surface area contributed by atoms with E-state index in [1.165, 1.54) is 6.07 Å². The second-order valence-electron chi connectivity index (χ2n) is 5.55. The molecule has 0 aliphatic rings. The van der Waals surface area contributed by atoms with E-state index in [9.17, 15) is 8.78 Å². The number of guanidine groups is 1. The molecule has 0 fully saturated rings. The number of hydrogen-bond acceptors (Lipinski definition) is 4. The number of nitrogens with zero attached hydrogens (tertiary/aromatic N) is 1. The van der Waals surface area contributed by atoms with Crippen molar-refractivity contribution in [1.29, 1.82) is 0 Å². The van der Waals surface area contributed by atoms with Gasteiger partial charge in [-0.3, -0.25) is 0 Å². The van der Waals surface area contributed by atoms with E-state index in [2.05, 4.69) is 15.0 Å². The van der Waals surface area contributed by atoms with Crippen molar-refractivity contribution in [2.45, 2.75) is 26.5 Å². The number of anilines is 1. The van der Waals surface area contributed by atoms with Gasteiger partial charge in [0.05, 0.1) is 20.3 Å². The number of alkyl halides is 2. The van der Waals surface area contributed by atoms with Crippen molar-refractivity contribution in [3.63, 3.8) is 0 Å². The Bertz CT molecular complexity index is 770. The zero-order valence-electron chi connectivity index (χ0n) is 15.2. The minimum absolute atomic E-state index is 0.0107. The summed E-state index contributed by atoms with van der Waals surface area (Å²) in [4.78, 5) is 4.18. The molecular formula is C19H23F2N3O3. The van der Waals surface area contributed by atoms with Crippen LogP contribution in [0.3, 0.4) is 0 Å². The Morgan fingerprint density at radius 3 is 2.70 bits per heavy atom. The van der Waals surface area contributed by atoms with E-state index in [0.29, 0.717) is 29.4 Å². The summed E-state index contributed by atoms with van der Waals surface area (Å²) in [6.07, 6.45) is 0.809. The van der Waals surface area contributed by atoms with Crippen LogP contribution in [0.15, 0.2) is 47.5 Å². The number of ether oxygens (including phenoxy) is 3. The monoisotopic (exact) mass is 379 g/mol. The van der Waals surface area contributed by atoms with E-state index in [1.54, 1.807) is 43.5 Å². The topological polar surface area (TPSA) is 78.1 Å². The zero-order chi connectivity index (χ0) is 19.6. The first-order chi connectivity index (χ1) is 13.0. The molecule has 0 unspecified atom stereocenters. The lowest BCUT2D eigenvalue weighted by atomic mass is 10.2. The molecule has 0 saturated heterocycles. The van der Waals surface area contributed by atoms with Crippen molar-refractivity contribution in [3.8, 4) is 17.2 Å². The Kier molecular flexibility index (Phi) is 7.66. The molecule has 0 spiro atoms. The summed E-state index contributed by atoms with van der Waals surface area (Å²) in [6, 6.07) is 11.9. The van der Waals surface area contributed by atoms with Gasteiger partial charge in [0.2, 0.25) is 0 Å². The van der Waals surface area contributed by atoms with Crippen molar-refractivity contribution in [2.75, 3.05) is 19.0 Å². The highest BCUT2D eigenvalue weighted by atomic mass is 19.3. The highest BCUT2D eigenvalue weighted by Gasteiger charge is 2.11. The minimum atomic E-state index is -2.94. The van der Waals surface area contributed by atoms with E-state index in [-0.39, 0.29) is 18.3 Å². The molecular weight excluding hydrogens is 356 g/mol. The summed E-state index contributed by atoms with van der Waals surface area (Å²) in [5, 5.41) is 2.92. The lowest BCUT2D eigenvalue weighted by Crippen LogP contribution is -2.22. The van der Waals surface area contributed by atoms with Gasteiger partial charge in [0.1, 0.15) is 17.2 Å². The number of benzene rings is 2. The van der Waals surface area contributed by atoms with E-state index in [4.69, 9.17) is 15.2 Å². The molecule has 0 bridgehead atoms. The van der Waals surface area contributed by atoms with Crippen LogP contribution in [0.4, 0.5) is 14.5 Å². The second-order valence-corrected chi connectivity index (χ2v) is 5.55. The number of methoxy groups -OCH3 is 1. The summed E-state index contributed by atoms with van der Waals surface area (Å²) in [7, 11) is 1.56. The molecule has 8 heteroatoms. The van der Waals surface area contributed by atoms with E-state index in [0.717, 1.165) is 6.42 Å². The number of nitrogens with two attached hydrogens (primary N) is 1. The third kappa shape index (κ3) is 6.65. The molecule has 6 nitrogen and oxygen atoms in total. The quantitative estimate of drug-likeness (QED) is 0.508. The van der Waals surface area contributed by atoms with Gasteiger partial charge < -0.3 is 25.3 Å². The number of aliphatic imine (C=N–C) groups is 1. The van der Waals surface area contributed by atoms with Crippen LogP contribution in [0.1, 0.15) is 18.9 Å². The predicted octanol–water partition coefficient (Wildman–Crippen LogP) is 4.01. The molecule has 146 valence electrons. The maximum atomic E-state index is 12.7. The first-order valence-corrected chi connectivity index (χ1v) is 8.43. The van der Waals surface area contributed by atoms with Gasteiger partial charge in [-0.25, -0.2) is 4.99 Å². The van der Waals surface area contributed by atoms with Crippen LogP contribution in [0, 0.1) is 0 Å². The number of nitrogens with one attached hydrogen (secondary N) is 1. The normalized spacial score (nSPS) is 11.4. The molecule has 0 aliphatic carbocycles. The van der Waals surface area contributed by atoms with Gasteiger partial charge in [0, 0.05) is 23.4 Å². The highest BCUT2D eigenvalue weighted by molar-refractivity contribution is 5.92. The first-order valence-electron chi connectivity index (χ1n) is 8.43. The Balaban J connectivity index is 2.10. The van der Waals surface area contributed by atoms with Crippen LogP contribution in [0.2, 0.25) is 0 Å².